The zero-order valence-electron chi connectivity index (χ0n) is 12.5. The van der Waals surface area contributed by atoms with Gasteiger partial charge in [0.15, 0.2) is 0 Å². The topological polar surface area (TPSA) is 58.2 Å². The molecule has 0 saturated carbocycles. The fraction of sp³-hybridized carbons (Fsp3) is 0.125. The second kappa shape index (κ2) is 7.31. The van der Waals surface area contributed by atoms with Crippen LogP contribution in [0.2, 0.25) is 0 Å². The summed E-state index contributed by atoms with van der Waals surface area (Å²) in [6.45, 7) is 1.19. The van der Waals surface area contributed by atoms with Gasteiger partial charge in [0.2, 0.25) is 11.8 Å². The lowest BCUT2D eigenvalue weighted by Gasteiger charge is -2.15. The number of benzene rings is 1. The number of alkyl halides is 3. The third-order valence-corrected chi connectivity index (χ3v) is 3.68. The van der Waals surface area contributed by atoms with Crippen LogP contribution in [0.5, 0.6) is 0 Å². The average molecular weight is 354 g/mol. The Hall–Kier alpha value is -2.61. The van der Waals surface area contributed by atoms with Crippen molar-refractivity contribution in [3.8, 4) is 0 Å². The minimum absolute atomic E-state index is 0.00181. The molecule has 4 nitrogen and oxygen atoms in total. The summed E-state index contributed by atoms with van der Waals surface area (Å²) >= 11 is 1.40. The summed E-state index contributed by atoms with van der Waals surface area (Å²) < 4.78 is 39.4. The number of rotatable bonds is 4. The number of anilines is 2. The molecular formula is C16H13F3N2O2S. The van der Waals surface area contributed by atoms with Crippen LogP contribution in [-0.4, -0.2) is 11.8 Å². The SMILES string of the molecule is CC(=O)Nc1ccc(NC(=O)/C=C/c2cccs2)c(C(F)(F)F)c1. The van der Waals surface area contributed by atoms with Gasteiger partial charge in [-0.3, -0.25) is 9.59 Å². The van der Waals surface area contributed by atoms with Gasteiger partial charge in [-0.1, -0.05) is 6.07 Å². The number of thiophene rings is 1. The standard InChI is InChI=1S/C16H13F3N2O2S/c1-10(22)20-11-4-6-14(13(9-11)16(17,18)19)21-15(23)7-5-12-3-2-8-24-12/h2-9H,1H3,(H,20,22)(H,21,23)/b7-5+. The Kier molecular flexibility index (Phi) is 5.40. The normalized spacial score (nSPS) is 11.5. The quantitative estimate of drug-likeness (QED) is 0.801. The van der Waals surface area contributed by atoms with E-state index in [4.69, 9.17) is 0 Å². The molecule has 2 N–H and O–H groups in total. The molecule has 1 aromatic carbocycles. The van der Waals surface area contributed by atoms with Crippen LogP contribution >= 0.6 is 11.3 Å². The molecule has 0 aliphatic rings. The summed E-state index contributed by atoms with van der Waals surface area (Å²) in [7, 11) is 0. The van der Waals surface area contributed by atoms with E-state index in [1.54, 1.807) is 12.1 Å². The van der Waals surface area contributed by atoms with Crippen LogP contribution in [0.3, 0.4) is 0 Å². The summed E-state index contributed by atoms with van der Waals surface area (Å²) in [5, 5.41) is 6.30. The van der Waals surface area contributed by atoms with Gasteiger partial charge < -0.3 is 10.6 Å². The molecule has 0 unspecified atom stereocenters. The van der Waals surface area contributed by atoms with Crippen molar-refractivity contribution in [3.63, 3.8) is 0 Å². The third kappa shape index (κ3) is 4.95. The van der Waals surface area contributed by atoms with E-state index in [1.165, 1.54) is 30.4 Å². The molecule has 0 bridgehead atoms. The largest absolute Gasteiger partial charge is 0.418 e. The maximum atomic E-state index is 13.1. The summed E-state index contributed by atoms with van der Waals surface area (Å²) in [6.07, 6.45) is -2.00. The summed E-state index contributed by atoms with van der Waals surface area (Å²) in [5.41, 5.74) is -1.41. The van der Waals surface area contributed by atoms with Crippen molar-refractivity contribution in [2.45, 2.75) is 13.1 Å². The molecule has 2 rings (SSSR count). The Balaban J connectivity index is 2.22. The highest BCUT2D eigenvalue weighted by molar-refractivity contribution is 7.10. The second-order valence-corrected chi connectivity index (χ2v) is 5.76. The first-order valence-electron chi connectivity index (χ1n) is 6.77. The lowest BCUT2D eigenvalue weighted by atomic mass is 10.1. The molecule has 0 aliphatic carbocycles. The highest BCUT2D eigenvalue weighted by atomic mass is 32.1. The Labute approximate surface area is 140 Å². The number of hydrogen-bond acceptors (Lipinski definition) is 3. The lowest BCUT2D eigenvalue weighted by Crippen LogP contribution is -2.16. The van der Waals surface area contributed by atoms with Crippen LogP contribution in [0, 0.1) is 0 Å². The van der Waals surface area contributed by atoms with E-state index in [-0.39, 0.29) is 11.4 Å². The molecule has 2 amide bonds. The molecule has 126 valence electrons. The van der Waals surface area contributed by atoms with Crippen LogP contribution in [0.15, 0.2) is 41.8 Å². The average Bonchev–Trinajstić information content (AvgIpc) is 2.98. The highest BCUT2D eigenvalue weighted by Gasteiger charge is 2.34. The Morgan fingerprint density at radius 1 is 1.17 bits per heavy atom. The van der Waals surface area contributed by atoms with Crippen molar-refractivity contribution < 1.29 is 22.8 Å². The number of halogens is 3. The second-order valence-electron chi connectivity index (χ2n) is 4.78. The molecule has 24 heavy (non-hydrogen) atoms. The molecule has 0 fully saturated rings. The van der Waals surface area contributed by atoms with E-state index in [9.17, 15) is 22.8 Å². The molecule has 1 aromatic heterocycles. The summed E-state index contributed by atoms with van der Waals surface area (Å²) in [6, 6.07) is 6.74. The zero-order valence-corrected chi connectivity index (χ0v) is 13.3. The zero-order chi connectivity index (χ0) is 17.7. The molecule has 8 heteroatoms. The number of amides is 2. The Bertz CT molecular complexity index is 768. The molecule has 2 aromatic rings. The molecule has 0 aliphatic heterocycles. The van der Waals surface area contributed by atoms with Crippen molar-refractivity contribution in [2.24, 2.45) is 0 Å². The predicted molar refractivity (Wildman–Crippen MR) is 87.7 cm³/mol. The fourth-order valence-corrected chi connectivity index (χ4v) is 2.51. The van der Waals surface area contributed by atoms with Gasteiger partial charge >= 0.3 is 6.18 Å². The van der Waals surface area contributed by atoms with E-state index in [0.717, 1.165) is 23.1 Å². The number of hydrogen-bond donors (Lipinski definition) is 2. The maximum absolute atomic E-state index is 13.1. The summed E-state index contributed by atoms with van der Waals surface area (Å²) in [5.74, 6) is -1.17. The van der Waals surface area contributed by atoms with Crippen molar-refractivity contribution >= 4 is 40.6 Å². The van der Waals surface area contributed by atoms with Gasteiger partial charge in [-0.15, -0.1) is 11.3 Å². The monoisotopic (exact) mass is 354 g/mol. The van der Waals surface area contributed by atoms with Gasteiger partial charge in [-0.25, -0.2) is 0 Å². The molecule has 0 saturated heterocycles. The smallest absolute Gasteiger partial charge is 0.326 e. The Morgan fingerprint density at radius 3 is 2.50 bits per heavy atom. The van der Waals surface area contributed by atoms with Crippen LogP contribution < -0.4 is 10.6 Å². The van der Waals surface area contributed by atoms with Crippen molar-refractivity contribution in [3.05, 3.63) is 52.2 Å². The fourth-order valence-electron chi connectivity index (χ4n) is 1.89. The molecular weight excluding hydrogens is 341 g/mol. The minimum atomic E-state index is -4.67. The van der Waals surface area contributed by atoms with E-state index in [0.29, 0.717) is 0 Å². The first-order valence-corrected chi connectivity index (χ1v) is 7.65. The van der Waals surface area contributed by atoms with Crippen LogP contribution in [0.4, 0.5) is 24.5 Å². The number of nitrogens with one attached hydrogen (secondary N) is 2. The van der Waals surface area contributed by atoms with Crippen molar-refractivity contribution in [2.75, 3.05) is 10.6 Å². The number of carbonyl (C=O) groups excluding carboxylic acids is 2. The molecule has 1 heterocycles. The van der Waals surface area contributed by atoms with Gasteiger partial charge in [-0.05, 0) is 35.7 Å². The highest BCUT2D eigenvalue weighted by Crippen LogP contribution is 2.36. The van der Waals surface area contributed by atoms with Crippen LogP contribution in [0.25, 0.3) is 6.08 Å². The van der Waals surface area contributed by atoms with Gasteiger partial charge in [0.05, 0.1) is 11.3 Å². The van der Waals surface area contributed by atoms with E-state index in [1.807, 2.05) is 5.38 Å². The van der Waals surface area contributed by atoms with E-state index in [2.05, 4.69) is 10.6 Å². The van der Waals surface area contributed by atoms with Gasteiger partial charge in [0.25, 0.3) is 0 Å². The summed E-state index contributed by atoms with van der Waals surface area (Å²) in [4.78, 5) is 23.6. The lowest BCUT2D eigenvalue weighted by molar-refractivity contribution is -0.137. The van der Waals surface area contributed by atoms with Gasteiger partial charge in [-0.2, -0.15) is 13.2 Å². The third-order valence-electron chi connectivity index (χ3n) is 2.85. The minimum Gasteiger partial charge on any atom is -0.326 e. The molecule has 0 spiro atoms. The van der Waals surface area contributed by atoms with Crippen molar-refractivity contribution in [1.82, 2.24) is 0 Å². The predicted octanol–water partition coefficient (Wildman–Crippen LogP) is 4.38. The van der Waals surface area contributed by atoms with Crippen LogP contribution in [-0.2, 0) is 15.8 Å². The first kappa shape index (κ1) is 17.7. The van der Waals surface area contributed by atoms with Crippen molar-refractivity contribution in [1.29, 1.82) is 0 Å². The molecule has 0 atom stereocenters. The van der Waals surface area contributed by atoms with E-state index >= 15 is 0 Å². The molecule has 0 radical (unpaired) electrons. The van der Waals surface area contributed by atoms with Gasteiger partial charge in [0, 0.05) is 23.6 Å². The van der Waals surface area contributed by atoms with Gasteiger partial charge in [0.1, 0.15) is 0 Å². The number of carbonyl (C=O) groups is 2. The van der Waals surface area contributed by atoms with Crippen LogP contribution in [0.1, 0.15) is 17.4 Å². The Morgan fingerprint density at radius 2 is 1.92 bits per heavy atom. The maximum Gasteiger partial charge on any atom is 0.418 e. The van der Waals surface area contributed by atoms with E-state index < -0.39 is 23.6 Å². The first-order chi connectivity index (χ1) is 11.3.